The van der Waals surface area contributed by atoms with E-state index in [0.29, 0.717) is 0 Å². The Labute approximate surface area is 138 Å². The first-order valence-corrected chi connectivity index (χ1v) is 8.01. The van der Waals surface area contributed by atoms with Crippen molar-refractivity contribution < 1.29 is 9.90 Å². The molecule has 0 spiro atoms. The van der Waals surface area contributed by atoms with Crippen LogP contribution in [0.1, 0.15) is 13.8 Å². The highest BCUT2D eigenvalue weighted by Gasteiger charge is 2.30. The monoisotopic (exact) mass is 324 g/mol. The minimum atomic E-state index is -0.935. The first-order valence-electron chi connectivity index (χ1n) is 7.19. The lowest BCUT2D eigenvalue weighted by Gasteiger charge is -2.20. The Morgan fingerprint density at radius 1 is 1.13 bits per heavy atom. The summed E-state index contributed by atoms with van der Waals surface area (Å²) in [5, 5.41) is 11.5. The first-order chi connectivity index (χ1) is 11.0. The summed E-state index contributed by atoms with van der Waals surface area (Å²) in [6.07, 6.45) is 5.31. The van der Waals surface area contributed by atoms with Crippen molar-refractivity contribution in [3.05, 3.63) is 55.0 Å². The van der Waals surface area contributed by atoms with Gasteiger partial charge < -0.3 is 5.11 Å². The smallest absolute Gasteiger partial charge is 0.319 e. The molecule has 3 aromatic rings. The van der Waals surface area contributed by atoms with Crippen molar-refractivity contribution in [2.45, 2.75) is 23.5 Å². The molecule has 3 rings (SSSR count). The van der Waals surface area contributed by atoms with Gasteiger partial charge in [0.2, 0.25) is 0 Å². The molecule has 0 amide bonds. The van der Waals surface area contributed by atoms with Crippen molar-refractivity contribution in [3.8, 4) is 11.3 Å². The average Bonchev–Trinajstić information content (AvgIpc) is 2.54. The van der Waals surface area contributed by atoms with E-state index in [-0.39, 0.29) is 0 Å². The quantitative estimate of drug-likeness (QED) is 0.727. The molecule has 0 atom stereocenters. The van der Waals surface area contributed by atoms with Crippen molar-refractivity contribution in [3.63, 3.8) is 0 Å². The van der Waals surface area contributed by atoms with Gasteiger partial charge in [-0.3, -0.25) is 14.8 Å². The highest BCUT2D eigenvalue weighted by molar-refractivity contribution is 8.01. The number of hydrogen-bond acceptors (Lipinski definition) is 4. The third kappa shape index (κ3) is 3.05. The van der Waals surface area contributed by atoms with Crippen LogP contribution < -0.4 is 0 Å². The number of aromatic nitrogens is 2. The van der Waals surface area contributed by atoms with Gasteiger partial charge in [0.25, 0.3) is 0 Å². The van der Waals surface area contributed by atoms with Crippen LogP contribution in [0.3, 0.4) is 0 Å². The number of aliphatic carboxylic acids is 1. The summed E-state index contributed by atoms with van der Waals surface area (Å²) < 4.78 is -0.935. The van der Waals surface area contributed by atoms with Crippen molar-refractivity contribution in [1.82, 2.24) is 9.97 Å². The number of thioether (sulfide) groups is 1. The zero-order valence-corrected chi connectivity index (χ0v) is 13.7. The fraction of sp³-hybridized carbons (Fsp3) is 0.167. The van der Waals surface area contributed by atoms with Crippen LogP contribution in [0.5, 0.6) is 0 Å². The Kier molecular flexibility index (Phi) is 4.05. The lowest BCUT2D eigenvalue weighted by molar-refractivity contribution is -0.138. The van der Waals surface area contributed by atoms with E-state index in [9.17, 15) is 9.90 Å². The van der Waals surface area contributed by atoms with Crippen molar-refractivity contribution in [2.75, 3.05) is 0 Å². The molecule has 0 saturated heterocycles. The molecular formula is C18H16N2O2S. The molecule has 0 unspecified atom stereocenters. The normalized spacial score (nSPS) is 11.6. The lowest BCUT2D eigenvalue weighted by atomic mass is 10.1. The highest BCUT2D eigenvalue weighted by Crippen LogP contribution is 2.39. The Bertz CT molecular complexity index is 872. The number of nitrogens with zero attached hydrogens (tertiary/aromatic N) is 2. The lowest BCUT2D eigenvalue weighted by Crippen LogP contribution is -2.27. The van der Waals surface area contributed by atoms with Gasteiger partial charge in [-0.15, -0.1) is 11.8 Å². The maximum absolute atomic E-state index is 11.4. The second-order valence-electron chi connectivity index (χ2n) is 5.68. The van der Waals surface area contributed by atoms with E-state index < -0.39 is 10.7 Å². The second-order valence-corrected chi connectivity index (χ2v) is 7.34. The van der Waals surface area contributed by atoms with Gasteiger partial charge in [-0.05, 0) is 31.4 Å². The molecule has 4 nitrogen and oxygen atoms in total. The van der Waals surface area contributed by atoms with Gasteiger partial charge in [0.15, 0.2) is 0 Å². The standard InChI is InChI=1S/C18H16N2O2S/c1-18(2,17(21)22)23-15-8-5-9-20-16(15)14-11-19-10-12-6-3-4-7-13(12)14/h3-11H,1-2H3,(H,21,22). The van der Waals surface area contributed by atoms with Crippen LogP contribution >= 0.6 is 11.8 Å². The molecule has 0 aliphatic heterocycles. The largest absolute Gasteiger partial charge is 0.480 e. The maximum Gasteiger partial charge on any atom is 0.319 e. The molecule has 1 N–H and O–H groups in total. The molecule has 2 heterocycles. The summed E-state index contributed by atoms with van der Waals surface area (Å²) in [5.41, 5.74) is 1.67. The predicted octanol–water partition coefficient (Wildman–Crippen LogP) is 4.25. The number of carboxylic acids is 1. The number of benzene rings is 1. The molecule has 116 valence electrons. The van der Waals surface area contributed by atoms with Crippen molar-refractivity contribution >= 4 is 28.5 Å². The maximum atomic E-state index is 11.4. The zero-order chi connectivity index (χ0) is 16.4. The van der Waals surface area contributed by atoms with Crippen LogP contribution in [0.15, 0.2) is 59.9 Å². The van der Waals surface area contributed by atoms with E-state index in [1.165, 1.54) is 11.8 Å². The highest BCUT2D eigenvalue weighted by atomic mass is 32.2. The number of carbonyl (C=O) groups is 1. The summed E-state index contributed by atoms with van der Waals surface area (Å²) in [5.74, 6) is -0.853. The number of rotatable bonds is 4. The summed E-state index contributed by atoms with van der Waals surface area (Å²) >= 11 is 1.29. The minimum Gasteiger partial charge on any atom is -0.480 e. The van der Waals surface area contributed by atoms with Crippen LogP contribution in [0.25, 0.3) is 22.0 Å². The molecule has 0 fully saturated rings. The molecule has 23 heavy (non-hydrogen) atoms. The van der Waals surface area contributed by atoms with Crippen molar-refractivity contribution in [1.29, 1.82) is 0 Å². The molecule has 0 radical (unpaired) electrons. The van der Waals surface area contributed by atoms with Gasteiger partial charge in [-0.25, -0.2) is 0 Å². The van der Waals surface area contributed by atoms with Gasteiger partial charge >= 0.3 is 5.97 Å². The molecule has 0 aliphatic carbocycles. The Morgan fingerprint density at radius 3 is 2.70 bits per heavy atom. The summed E-state index contributed by atoms with van der Waals surface area (Å²) in [7, 11) is 0. The summed E-state index contributed by atoms with van der Waals surface area (Å²) in [6, 6.07) is 11.7. The Hall–Kier alpha value is -2.40. The van der Waals surface area contributed by atoms with E-state index in [0.717, 1.165) is 26.9 Å². The summed E-state index contributed by atoms with van der Waals surface area (Å²) in [4.78, 5) is 21.0. The van der Waals surface area contributed by atoms with Crippen LogP contribution in [0.4, 0.5) is 0 Å². The zero-order valence-electron chi connectivity index (χ0n) is 12.9. The molecule has 0 bridgehead atoms. The molecule has 0 aliphatic rings. The third-order valence-corrected chi connectivity index (χ3v) is 4.81. The van der Waals surface area contributed by atoms with E-state index in [4.69, 9.17) is 0 Å². The minimum absolute atomic E-state index is 0.760. The number of hydrogen-bond donors (Lipinski definition) is 1. The first kappa shape index (κ1) is 15.5. The van der Waals surface area contributed by atoms with E-state index in [1.54, 1.807) is 26.2 Å². The van der Waals surface area contributed by atoms with Gasteiger partial charge in [0.05, 0.1) is 5.69 Å². The Morgan fingerprint density at radius 2 is 1.91 bits per heavy atom. The molecule has 2 aromatic heterocycles. The van der Waals surface area contributed by atoms with E-state index in [2.05, 4.69) is 9.97 Å². The van der Waals surface area contributed by atoms with Crippen LogP contribution in [0.2, 0.25) is 0 Å². The summed E-state index contributed by atoms with van der Waals surface area (Å²) in [6.45, 7) is 3.39. The average molecular weight is 324 g/mol. The number of fused-ring (bicyclic) bond motifs is 1. The van der Waals surface area contributed by atoms with Crippen LogP contribution in [0, 0.1) is 0 Å². The third-order valence-electron chi connectivity index (χ3n) is 3.57. The van der Waals surface area contributed by atoms with Gasteiger partial charge in [0, 0.05) is 34.4 Å². The number of pyridine rings is 2. The molecule has 0 saturated carbocycles. The van der Waals surface area contributed by atoms with E-state index >= 15 is 0 Å². The van der Waals surface area contributed by atoms with Crippen LogP contribution in [-0.2, 0) is 4.79 Å². The van der Waals surface area contributed by atoms with Crippen LogP contribution in [-0.4, -0.2) is 25.8 Å². The topological polar surface area (TPSA) is 63.1 Å². The number of carboxylic acid groups (broad SMARTS) is 1. The molecule has 1 aromatic carbocycles. The van der Waals surface area contributed by atoms with Gasteiger partial charge in [-0.2, -0.15) is 0 Å². The Balaban J connectivity index is 2.15. The van der Waals surface area contributed by atoms with Gasteiger partial charge in [0.1, 0.15) is 4.75 Å². The van der Waals surface area contributed by atoms with Gasteiger partial charge in [-0.1, -0.05) is 24.3 Å². The van der Waals surface area contributed by atoms with Crippen molar-refractivity contribution in [2.24, 2.45) is 0 Å². The fourth-order valence-electron chi connectivity index (χ4n) is 2.30. The molecule has 5 heteroatoms. The fourth-order valence-corrected chi connectivity index (χ4v) is 3.34. The second kappa shape index (κ2) is 6.01. The van der Waals surface area contributed by atoms with E-state index in [1.807, 2.05) is 42.6 Å². The SMILES string of the molecule is CC(C)(Sc1cccnc1-c1cncc2ccccc12)C(=O)O. The molecular weight excluding hydrogens is 308 g/mol. The predicted molar refractivity (Wildman–Crippen MR) is 92.5 cm³/mol.